The summed E-state index contributed by atoms with van der Waals surface area (Å²) in [7, 11) is 0. The van der Waals surface area contributed by atoms with Crippen molar-refractivity contribution in [2.45, 2.75) is 44.2 Å². The molecule has 0 amide bonds. The fourth-order valence-corrected chi connectivity index (χ4v) is 2.93. The molecule has 1 atom stereocenters. The van der Waals surface area contributed by atoms with Gasteiger partial charge in [-0.3, -0.25) is 0 Å². The molecule has 2 aliphatic rings. The van der Waals surface area contributed by atoms with Gasteiger partial charge in [0.25, 0.3) is 0 Å². The summed E-state index contributed by atoms with van der Waals surface area (Å²) in [5.74, 6) is 1.12. The zero-order valence-corrected chi connectivity index (χ0v) is 9.98. The predicted molar refractivity (Wildman–Crippen MR) is 66.4 cm³/mol. The van der Waals surface area contributed by atoms with Crippen molar-refractivity contribution in [2.75, 3.05) is 6.61 Å². The monoisotopic (exact) mass is 233 g/mol. The van der Waals surface area contributed by atoms with Crippen molar-refractivity contribution in [3.8, 4) is 11.5 Å². The second-order valence-corrected chi connectivity index (χ2v) is 5.06. The van der Waals surface area contributed by atoms with Crippen molar-refractivity contribution in [3.05, 3.63) is 23.8 Å². The quantitative estimate of drug-likeness (QED) is 0.825. The molecule has 2 N–H and O–H groups in total. The fourth-order valence-electron chi connectivity index (χ4n) is 2.93. The largest absolute Gasteiger partial charge is 0.508 e. The summed E-state index contributed by atoms with van der Waals surface area (Å²) >= 11 is 0. The molecule has 1 fully saturated rings. The summed E-state index contributed by atoms with van der Waals surface area (Å²) in [4.78, 5) is 0. The Kier molecular flexibility index (Phi) is 2.93. The van der Waals surface area contributed by atoms with E-state index in [4.69, 9.17) is 4.74 Å². The van der Waals surface area contributed by atoms with Crippen LogP contribution >= 0.6 is 0 Å². The minimum absolute atomic E-state index is 0.283. The lowest BCUT2D eigenvalue weighted by molar-refractivity contribution is 0.243. The maximum Gasteiger partial charge on any atom is 0.127 e. The number of ether oxygens (including phenoxy) is 1. The van der Waals surface area contributed by atoms with E-state index in [0.29, 0.717) is 12.1 Å². The summed E-state index contributed by atoms with van der Waals surface area (Å²) in [5, 5.41) is 13.2. The molecule has 0 bridgehead atoms. The van der Waals surface area contributed by atoms with Gasteiger partial charge < -0.3 is 15.2 Å². The van der Waals surface area contributed by atoms with Crippen LogP contribution in [0.15, 0.2) is 18.2 Å². The Labute approximate surface area is 102 Å². The number of fused-ring (bicyclic) bond motifs is 1. The number of hydrogen-bond acceptors (Lipinski definition) is 3. The molecule has 92 valence electrons. The van der Waals surface area contributed by atoms with Gasteiger partial charge in [0.2, 0.25) is 0 Å². The lowest BCUT2D eigenvalue weighted by atomic mass is 9.99. The van der Waals surface area contributed by atoms with E-state index in [1.807, 2.05) is 6.07 Å². The Morgan fingerprint density at radius 2 is 2.00 bits per heavy atom. The first-order valence-electron chi connectivity index (χ1n) is 6.55. The average molecular weight is 233 g/mol. The Morgan fingerprint density at radius 1 is 1.18 bits per heavy atom. The standard InChI is InChI=1S/C14H19NO2/c16-11-5-6-12-13(7-8-17-14(12)9-11)15-10-3-1-2-4-10/h5-6,9-10,13,15-16H,1-4,7-8H2. The van der Waals surface area contributed by atoms with Gasteiger partial charge >= 0.3 is 0 Å². The first kappa shape index (κ1) is 10.9. The first-order chi connectivity index (χ1) is 8.33. The molecule has 0 saturated heterocycles. The number of hydrogen-bond donors (Lipinski definition) is 2. The number of benzene rings is 1. The molecule has 1 aromatic carbocycles. The van der Waals surface area contributed by atoms with E-state index in [-0.39, 0.29) is 5.75 Å². The lowest BCUT2D eigenvalue weighted by Gasteiger charge is -2.29. The van der Waals surface area contributed by atoms with E-state index in [1.165, 1.54) is 31.2 Å². The number of phenolic OH excluding ortho intramolecular Hbond substituents is 1. The molecule has 3 rings (SSSR count). The van der Waals surface area contributed by atoms with Gasteiger partial charge in [0.05, 0.1) is 6.61 Å². The summed E-state index contributed by atoms with van der Waals surface area (Å²) in [6.45, 7) is 0.737. The van der Waals surface area contributed by atoms with E-state index in [9.17, 15) is 5.11 Å². The van der Waals surface area contributed by atoms with Crippen LogP contribution in [0.2, 0.25) is 0 Å². The van der Waals surface area contributed by atoms with Crippen LogP contribution in [0.4, 0.5) is 0 Å². The van der Waals surface area contributed by atoms with Gasteiger partial charge in [-0.2, -0.15) is 0 Å². The molecule has 1 unspecified atom stereocenters. The zero-order valence-electron chi connectivity index (χ0n) is 9.98. The normalized spacial score (nSPS) is 24.4. The van der Waals surface area contributed by atoms with Crippen molar-refractivity contribution < 1.29 is 9.84 Å². The molecule has 17 heavy (non-hydrogen) atoms. The highest BCUT2D eigenvalue weighted by Crippen LogP contribution is 2.35. The van der Waals surface area contributed by atoms with Crippen LogP contribution < -0.4 is 10.1 Å². The molecule has 1 aliphatic heterocycles. The molecule has 1 saturated carbocycles. The third-order valence-corrected chi connectivity index (χ3v) is 3.83. The Balaban J connectivity index is 1.78. The second kappa shape index (κ2) is 4.57. The van der Waals surface area contributed by atoms with Gasteiger partial charge in [-0.15, -0.1) is 0 Å². The Morgan fingerprint density at radius 3 is 2.82 bits per heavy atom. The highest BCUT2D eigenvalue weighted by atomic mass is 16.5. The molecule has 1 aliphatic carbocycles. The molecule has 1 heterocycles. The van der Waals surface area contributed by atoms with Crippen LogP contribution in [0.5, 0.6) is 11.5 Å². The maximum atomic E-state index is 9.46. The van der Waals surface area contributed by atoms with Crippen LogP contribution in [0.3, 0.4) is 0 Å². The highest BCUT2D eigenvalue weighted by Gasteiger charge is 2.25. The van der Waals surface area contributed by atoms with Crippen LogP contribution in [-0.2, 0) is 0 Å². The van der Waals surface area contributed by atoms with Crippen molar-refractivity contribution in [2.24, 2.45) is 0 Å². The van der Waals surface area contributed by atoms with Gasteiger partial charge in [-0.25, -0.2) is 0 Å². The van der Waals surface area contributed by atoms with E-state index in [0.717, 1.165) is 18.8 Å². The topological polar surface area (TPSA) is 41.5 Å². The van der Waals surface area contributed by atoms with Crippen molar-refractivity contribution in [1.29, 1.82) is 0 Å². The number of rotatable bonds is 2. The Hall–Kier alpha value is -1.22. The van der Waals surface area contributed by atoms with Crippen LogP contribution in [0.25, 0.3) is 0 Å². The number of nitrogens with one attached hydrogen (secondary N) is 1. The van der Waals surface area contributed by atoms with Gasteiger partial charge in [-0.05, 0) is 18.9 Å². The molecule has 1 aromatic rings. The molecule has 3 heteroatoms. The third kappa shape index (κ3) is 2.25. The van der Waals surface area contributed by atoms with E-state index in [2.05, 4.69) is 5.32 Å². The molecule has 0 spiro atoms. The average Bonchev–Trinajstić information content (AvgIpc) is 2.82. The lowest BCUT2D eigenvalue weighted by Crippen LogP contribution is -2.33. The molecule has 0 radical (unpaired) electrons. The minimum Gasteiger partial charge on any atom is -0.508 e. The van der Waals surface area contributed by atoms with Crippen LogP contribution in [0, 0.1) is 0 Å². The van der Waals surface area contributed by atoms with E-state index >= 15 is 0 Å². The van der Waals surface area contributed by atoms with Crippen molar-refractivity contribution >= 4 is 0 Å². The highest BCUT2D eigenvalue weighted by molar-refractivity contribution is 5.43. The molecular formula is C14H19NO2. The summed E-state index contributed by atoms with van der Waals surface area (Å²) in [6.07, 6.45) is 6.32. The smallest absolute Gasteiger partial charge is 0.127 e. The van der Waals surface area contributed by atoms with Crippen LogP contribution in [-0.4, -0.2) is 17.8 Å². The molecular weight excluding hydrogens is 214 g/mol. The third-order valence-electron chi connectivity index (χ3n) is 3.83. The minimum atomic E-state index is 0.283. The van der Waals surface area contributed by atoms with Gasteiger partial charge in [0.1, 0.15) is 11.5 Å². The fraction of sp³-hybridized carbons (Fsp3) is 0.571. The summed E-state index contributed by atoms with van der Waals surface area (Å²) in [6, 6.07) is 6.51. The van der Waals surface area contributed by atoms with Gasteiger partial charge in [-0.1, -0.05) is 18.9 Å². The molecule has 0 aromatic heterocycles. The predicted octanol–water partition coefficient (Wildman–Crippen LogP) is 2.75. The first-order valence-corrected chi connectivity index (χ1v) is 6.55. The maximum absolute atomic E-state index is 9.46. The summed E-state index contributed by atoms with van der Waals surface area (Å²) < 4.78 is 5.60. The van der Waals surface area contributed by atoms with Crippen molar-refractivity contribution in [3.63, 3.8) is 0 Å². The summed E-state index contributed by atoms with van der Waals surface area (Å²) in [5.41, 5.74) is 1.20. The van der Waals surface area contributed by atoms with Crippen LogP contribution in [0.1, 0.15) is 43.7 Å². The Bertz CT molecular complexity index is 399. The number of phenols is 1. The van der Waals surface area contributed by atoms with Gasteiger partial charge in [0, 0.05) is 30.1 Å². The SMILES string of the molecule is Oc1ccc2c(c1)OCCC2NC1CCCC1. The number of aromatic hydroxyl groups is 1. The van der Waals surface area contributed by atoms with Crippen molar-refractivity contribution in [1.82, 2.24) is 5.32 Å². The van der Waals surface area contributed by atoms with E-state index in [1.54, 1.807) is 12.1 Å². The van der Waals surface area contributed by atoms with E-state index < -0.39 is 0 Å². The zero-order chi connectivity index (χ0) is 11.7. The second-order valence-electron chi connectivity index (χ2n) is 5.06. The molecule has 3 nitrogen and oxygen atoms in total. The van der Waals surface area contributed by atoms with Gasteiger partial charge in [0.15, 0.2) is 0 Å².